The lowest BCUT2D eigenvalue weighted by atomic mass is 10.1. The van der Waals surface area contributed by atoms with E-state index in [1.54, 1.807) is 24.4 Å². The minimum absolute atomic E-state index is 0.207. The van der Waals surface area contributed by atoms with Crippen LogP contribution in [-0.2, 0) is 0 Å². The number of hydrogen-bond acceptors (Lipinski definition) is 4. The lowest BCUT2D eigenvalue weighted by Crippen LogP contribution is -2.10. The first kappa shape index (κ1) is 11.3. The van der Waals surface area contributed by atoms with Crippen LogP contribution in [0.5, 0.6) is 0 Å². The molecular formula is C14H10N2O3. The molecule has 0 aliphatic rings. The van der Waals surface area contributed by atoms with Gasteiger partial charge in [-0.2, -0.15) is 0 Å². The first-order valence-corrected chi connectivity index (χ1v) is 5.65. The molecular weight excluding hydrogens is 244 g/mol. The number of carbonyl (C=O) groups is 1. The van der Waals surface area contributed by atoms with E-state index in [0.717, 1.165) is 5.56 Å². The number of aromatic nitrogens is 1. The van der Waals surface area contributed by atoms with Gasteiger partial charge < -0.3 is 14.2 Å². The standard InChI is InChI=1S/C14H10N2O3/c17-14(11-5-6-18-8-11)16-12-3-1-10(2-4-12)13-7-15-9-19-13/h1-9H,(H,16,17). The van der Waals surface area contributed by atoms with Gasteiger partial charge in [0.15, 0.2) is 12.2 Å². The molecule has 2 heterocycles. The van der Waals surface area contributed by atoms with Crippen LogP contribution < -0.4 is 5.32 Å². The van der Waals surface area contributed by atoms with Crippen LogP contribution in [0.2, 0.25) is 0 Å². The van der Waals surface area contributed by atoms with Crippen LogP contribution in [0.1, 0.15) is 10.4 Å². The smallest absolute Gasteiger partial charge is 0.258 e. The van der Waals surface area contributed by atoms with E-state index < -0.39 is 0 Å². The number of oxazole rings is 1. The zero-order chi connectivity index (χ0) is 13.1. The summed E-state index contributed by atoms with van der Waals surface area (Å²) in [4.78, 5) is 15.6. The van der Waals surface area contributed by atoms with Gasteiger partial charge in [0.05, 0.1) is 18.0 Å². The monoisotopic (exact) mass is 254 g/mol. The molecule has 19 heavy (non-hydrogen) atoms. The van der Waals surface area contributed by atoms with Gasteiger partial charge in [0.2, 0.25) is 0 Å². The Labute approximate surface area is 108 Å². The third-order valence-corrected chi connectivity index (χ3v) is 2.64. The fourth-order valence-electron chi connectivity index (χ4n) is 1.67. The van der Waals surface area contributed by atoms with Gasteiger partial charge in [-0.3, -0.25) is 4.79 Å². The second kappa shape index (κ2) is 4.81. The molecule has 1 N–H and O–H groups in total. The highest BCUT2D eigenvalue weighted by molar-refractivity contribution is 6.04. The highest BCUT2D eigenvalue weighted by Gasteiger charge is 2.07. The van der Waals surface area contributed by atoms with Crippen molar-refractivity contribution in [3.8, 4) is 11.3 Å². The molecule has 0 saturated heterocycles. The predicted molar refractivity (Wildman–Crippen MR) is 68.6 cm³/mol. The van der Waals surface area contributed by atoms with E-state index in [9.17, 15) is 4.79 Å². The van der Waals surface area contributed by atoms with Crippen LogP contribution in [0, 0.1) is 0 Å². The van der Waals surface area contributed by atoms with E-state index in [1.165, 1.54) is 18.9 Å². The molecule has 3 aromatic rings. The number of rotatable bonds is 3. The predicted octanol–water partition coefficient (Wildman–Crippen LogP) is 3.19. The largest absolute Gasteiger partial charge is 0.472 e. The topological polar surface area (TPSA) is 68.3 Å². The fraction of sp³-hybridized carbons (Fsp3) is 0. The summed E-state index contributed by atoms with van der Waals surface area (Å²) < 4.78 is 10.0. The maximum atomic E-state index is 11.8. The molecule has 0 fully saturated rings. The van der Waals surface area contributed by atoms with Crippen molar-refractivity contribution in [3.63, 3.8) is 0 Å². The number of furan rings is 1. The Hall–Kier alpha value is -2.82. The Kier molecular flexibility index (Phi) is 2.86. The quantitative estimate of drug-likeness (QED) is 0.779. The SMILES string of the molecule is O=C(Nc1ccc(-c2cnco2)cc1)c1ccoc1. The number of nitrogens with zero attached hydrogens (tertiary/aromatic N) is 1. The second-order valence-corrected chi connectivity index (χ2v) is 3.91. The average molecular weight is 254 g/mol. The van der Waals surface area contributed by atoms with E-state index >= 15 is 0 Å². The Balaban J connectivity index is 1.75. The van der Waals surface area contributed by atoms with Crippen LogP contribution in [0.15, 0.2) is 64.3 Å². The summed E-state index contributed by atoms with van der Waals surface area (Å²) in [6.07, 6.45) is 5.88. The van der Waals surface area contributed by atoms with Gasteiger partial charge in [-0.25, -0.2) is 4.98 Å². The number of benzene rings is 1. The van der Waals surface area contributed by atoms with Crippen molar-refractivity contribution in [1.82, 2.24) is 4.98 Å². The van der Waals surface area contributed by atoms with Gasteiger partial charge in [-0.15, -0.1) is 0 Å². The lowest BCUT2D eigenvalue weighted by molar-refractivity contribution is 0.102. The molecule has 0 saturated carbocycles. The molecule has 5 nitrogen and oxygen atoms in total. The minimum Gasteiger partial charge on any atom is -0.472 e. The molecule has 0 aliphatic carbocycles. The van der Waals surface area contributed by atoms with E-state index in [1.807, 2.05) is 12.1 Å². The summed E-state index contributed by atoms with van der Waals surface area (Å²) >= 11 is 0. The van der Waals surface area contributed by atoms with E-state index in [-0.39, 0.29) is 5.91 Å². The van der Waals surface area contributed by atoms with Crippen molar-refractivity contribution in [1.29, 1.82) is 0 Å². The third kappa shape index (κ3) is 2.40. The lowest BCUT2D eigenvalue weighted by Gasteiger charge is -2.04. The number of anilines is 1. The summed E-state index contributed by atoms with van der Waals surface area (Å²) in [5.74, 6) is 0.480. The van der Waals surface area contributed by atoms with Crippen molar-refractivity contribution >= 4 is 11.6 Å². The zero-order valence-electron chi connectivity index (χ0n) is 9.87. The molecule has 0 spiro atoms. The van der Waals surface area contributed by atoms with Crippen molar-refractivity contribution in [2.75, 3.05) is 5.32 Å². The van der Waals surface area contributed by atoms with Crippen molar-refractivity contribution in [3.05, 3.63) is 61.0 Å². The molecule has 0 bridgehead atoms. The second-order valence-electron chi connectivity index (χ2n) is 3.91. The summed E-state index contributed by atoms with van der Waals surface area (Å²) in [7, 11) is 0. The van der Waals surface area contributed by atoms with Crippen LogP contribution in [0.25, 0.3) is 11.3 Å². The Bertz CT molecular complexity index is 655. The number of amides is 1. The molecule has 3 rings (SSSR count). The van der Waals surface area contributed by atoms with Crippen LogP contribution in [-0.4, -0.2) is 10.9 Å². The highest BCUT2D eigenvalue weighted by atomic mass is 16.3. The van der Waals surface area contributed by atoms with Gasteiger partial charge in [0.1, 0.15) is 6.26 Å². The Morgan fingerprint density at radius 2 is 2.00 bits per heavy atom. The third-order valence-electron chi connectivity index (χ3n) is 2.64. The van der Waals surface area contributed by atoms with Crippen LogP contribution >= 0.6 is 0 Å². The first-order chi connectivity index (χ1) is 9.33. The summed E-state index contributed by atoms with van der Waals surface area (Å²) in [6.45, 7) is 0. The highest BCUT2D eigenvalue weighted by Crippen LogP contribution is 2.21. The molecule has 2 aromatic heterocycles. The Morgan fingerprint density at radius 1 is 1.16 bits per heavy atom. The molecule has 5 heteroatoms. The summed E-state index contributed by atoms with van der Waals surface area (Å²) in [5.41, 5.74) is 2.09. The van der Waals surface area contributed by atoms with Gasteiger partial charge in [0.25, 0.3) is 5.91 Å². The molecule has 94 valence electrons. The summed E-state index contributed by atoms with van der Waals surface area (Å²) in [6, 6.07) is 8.92. The van der Waals surface area contributed by atoms with Gasteiger partial charge in [-0.1, -0.05) is 0 Å². The maximum absolute atomic E-state index is 11.8. The summed E-state index contributed by atoms with van der Waals surface area (Å²) in [5, 5.41) is 2.77. The van der Waals surface area contributed by atoms with Gasteiger partial charge in [-0.05, 0) is 30.3 Å². The van der Waals surface area contributed by atoms with Gasteiger partial charge in [0, 0.05) is 11.3 Å². The average Bonchev–Trinajstić information content (AvgIpc) is 3.13. The normalized spacial score (nSPS) is 10.3. The van der Waals surface area contributed by atoms with Crippen LogP contribution in [0.3, 0.4) is 0 Å². The fourth-order valence-corrected chi connectivity index (χ4v) is 1.67. The maximum Gasteiger partial charge on any atom is 0.258 e. The Morgan fingerprint density at radius 3 is 2.63 bits per heavy atom. The molecule has 0 unspecified atom stereocenters. The van der Waals surface area contributed by atoms with Crippen LogP contribution in [0.4, 0.5) is 5.69 Å². The zero-order valence-corrected chi connectivity index (χ0v) is 9.87. The first-order valence-electron chi connectivity index (χ1n) is 5.65. The van der Waals surface area contributed by atoms with Gasteiger partial charge >= 0.3 is 0 Å². The van der Waals surface area contributed by atoms with E-state index in [4.69, 9.17) is 8.83 Å². The van der Waals surface area contributed by atoms with Crippen molar-refractivity contribution in [2.24, 2.45) is 0 Å². The molecule has 0 radical (unpaired) electrons. The van der Waals surface area contributed by atoms with E-state index in [0.29, 0.717) is 17.0 Å². The number of carbonyl (C=O) groups excluding carboxylic acids is 1. The molecule has 1 aromatic carbocycles. The van der Waals surface area contributed by atoms with E-state index in [2.05, 4.69) is 10.3 Å². The van der Waals surface area contributed by atoms with Crippen molar-refractivity contribution < 1.29 is 13.6 Å². The minimum atomic E-state index is -0.207. The molecule has 0 aliphatic heterocycles. The number of nitrogens with one attached hydrogen (secondary N) is 1. The molecule has 1 amide bonds. The molecule has 0 atom stereocenters. The number of hydrogen-bond donors (Lipinski definition) is 1. The van der Waals surface area contributed by atoms with Crippen molar-refractivity contribution in [2.45, 2.75) is 0 Å².